The van der Waals surface area contributed by atoms with Gasteiger partial charge in [0.05, 0.1) is 11.7 Å². The number of hydrogen-bond donors (Lipinski definition) is 0. The van der Waals surface area contributed by atoms with Crippen molar-refractivity contribution < 1.29 is 9.53 Å². The molecule has 1 aromatic rings. The van der Waals surface area contributed by atoms with Crippen LogP contribution in [0.15, 0.2) is 23.1 Å². The average molecular weight is 264 g/mol. The Morgan fingerprint density at radius 3 is 2.79 bits per heavy atom. The molecule has 104 valence electrons. The van der Waals surface area contributed by atoms with Gasteiger partial charge < -0.3 is 9.30 Å². The first-order valence-corrected chi connectivity index (χ1v) is 6.57. The van der Waals surface area contributed by atoms with Gasteiger partial charge >= 0.3 is 0 Å². The normalized spacial score (nSPS) is 16.3. The highest BCUT2D eigenvalue weighted by atomic mass is 16.5. The predicted octanol–water partition coefficient (Wildman–Crippen LogP) is 0.772. The zero-order valence-corrected chi connectivity index (χ0v) is 11.5. The molecule has 0 bridgehead atoms. The molecule has 19 heavy (non-hydrogen) atoms. The number of pyridine rings is 1. The third kappa shape index (κ3) is 3.30. The van der Waals surface area contributed by atoms with E-state index in [0.29, 0.717) is 12.6 Å². The molecule has 0 N–H and O–H groups in total. The Morgan fingerprint density at radius 1 is 1.42 bits per heavy atom. The van der Waals surface area contributed by atoms with Crippen molar-refractivity contribution >= 4 is 5.78 Å². The van der Waals surface area contributed by atoms with Gasteiger partial charge in [-0.3, -0.25) is 14.5 Å². The molecule has 1 aliphatic heterocycles. The summed E-state index contributed by atoms with van der Waals surface area (Å²) in [7, 11) is 1.73. The van der Waals surface area contributed by atoms with Gasteiger partial charge in [-0.15, -0.1) is 0 Å². The number of nitrogens with zero attached hydrogens (tertiary/aromatic N) is 2. The van der Waals surface area contributed by atoms with Gasteiger partial charge in [-0.1, -0.05) is 0 Å². The zero-order chi connectivity index (χ0) is 13.8. The van der Waals surface area contributed by atoms with Crippen molar-refractivity contribution in [2.75, 3.05) is 26.7 Å². The van der Waals surface area contributed by atoms with Crippen molar-refractivity contribution in [2.24, 2.45) is 0 Å². The summed E-state index contributed by atoms with van der Waals surface area (Å²) in [6.45, 7) is 4.97. The highest BCUT2D eigenvalue weighted by molar-refractivity contribution is 5.93. The number of likely N-dealkylation sites (tertiary alicyclic amines) is 1. The van der Waals surface area contributed by atoms with Crippen molar-refractivity contribution in [3.8, 4) is 0 Å². The lowest BCUT2D eigenvalue weighted by Gasteiger charge is -2.38. The summed E-state index contributed by atoms with van der Waals surface area (Å²) in [6, 6.07) is 3.34. The molecule has 1 saturated heterocycles. The number of methoxy groups -OCH3 is 1. The van der Waals surface area contributed by atoms with Crippen LogP contribution in [-0.4, -0.2) is 48.1 Å². The molecule has 1 aromatic heterocycles. The van der Waals surface area contributed by atoms with Crippen molar-refractivity contribution in [1.82, 2.24) is 9.47 Å². The van der Waals surface area contributed by atoms with Crippen LogP contribution < -0.4 is 5.56 Å². The van der Waals surface area contributed by atoms with E-state index in [1.807, 2.05) is 0 Å². The molecule has 5 heteroatoms. The van der Waals surface area contributed by atoms with Crippen LogP contribution >= 0.6 is 0 Å². The maximum atomic E-state index is 12.0. The lowest BCUT2D eigenvalue weighted by Crippen LogP contribution is -2.52. The lowest BCUT2D eigenvalue weighted by molar-refractivity contribution is -0.0298. The molecule has 1 aliphatic rings. The smallest absolute Gasteiger partial charge is 0.261 e. The first-order chi connectivity index (χ1) is 9.11. The van der Waals surface area contributed by atoms with E-state index in [4.69, 9.17) is 4.74 Å². The van der Waals surface area contributed by atoms with Gasteiger partial charge in [-0.25, -0.2) is 0 Å². The topological polar surface area (TPSA) is 51.5 Å². The molecule has 0 spiro atoms. The molecule has 0 saturated carbocycles. The van der Waals surface area contributed by atoms with E-state index < -0.39 is 0 Å². The van der Waals surface area contributed by atoms with Gasteiger partial charge in [-0.05, 0) is 25.5 Å². The van der Waals surface area contributed by atoms with Crippen LogP contribution in [0.1, 0.15) is 23.7 Å². The Balaban J connectivity index is 1.85. The second kappa shape index (κ2) is 6.12. The SMILES string of the molecule is COC1CN(CCCn2cccc(C(C)=O)c2=O)C1. The monoisotopic (exact) mass is 264 g/mol. The number of ketones is 1. The molecular weight excluding hydrogens is 244 g/mol. The first-order valence-electron chi connectivity index (χ1n) is 6.57. The van der Waals surface area contributed by atoms with Crippen molar-refractivity contribution in [3.05, 3.63) is 34.2 Å². The molecule has 2 heterocycles. The summed E-state index contributed by atoms with van der Waals surface area (Å²) in [4.78, 5) is 25.6. The minimum absolute atomic E-state index is 0.176. The molecule has 0 aliphatic carbocycles. The zero-order valence-electron chi connectivity index (χ0n) is 11.5. The van der Waals surface area contributed by atoms with E-state index in [9.17, 15) is 9.59 Å². The number of carbonyl (C=O) groups is 1. The third-order valence-corrected chi connectivity index (χ3v) is 3.53. The number of Topliss-reactive ketones (excluding diaryl/α,β-unsaturated/α-hetero) is 1. The van der Waals surface area contributed by atoms with Gasteiger partial charge in [-0.2, -0.15) is 0 Å². The van der Waals surface area contributed by atoms with Crippen LogP contribution in [-0.2, 0) is 11.3 Å². The summed E-state index contributed by atoms with van der Waals surface area (Å²) in [5, 5.41) is 0. The van der Waals surface area contributed by atoms with Gasteiger partial charge in [0.15, 0.2) is 5.78 Å². The van der Waals surface area contributed by atoms with Crippen LogP contribution in [0.5, 0.6) is 0 Å². The van der Waals surface area contributed by atoms with E-state index in [1.165, 1.54) is 6.92 Å². The van der Waals surface area contributed by atoms with Crippen molar-refractivity contribution in [1.29, 1.82) is 0 Å². The van der Waals surface area contributed by atoms with Crippen LogP contribution in [0, 0.1) is 0 Å². The number of hydrogen-bond acceptors (Lipinski definition) is 4. The minimum Gasteiger partial charge on any atom is -0.379 e. The minimum atomic E-state index is -0.187. The van der Waals surface area contributed by atoms with E-state index in [-0.39, 0.29) is 16.9 Å². The maximum Gasteiger partial charge on any atom is 0.261 e. The molecule has 0 aromatic carbocycles. The molecule has 2 rings (SSSR count). The molecule has 1 fully saturated rings. The molecule has 0 radical (unpaired) electrons. The van der Waals surface area contributed by atoms with E-state index in [2.05, 4.69) is 4.90 Å². The van der Waals surface area contributed by atoms with E-state index >= 15 is 0 Å². The fourth-order valence-corrected chi connectivity index (χ4v) is 2.30. The van der Waals surface area contributed by atoms with Gasteiger partial charge in [0.1, 0.15) is 0 Å². The summed E-state index contributed by atoms with van der Waals surface area (Å²) in [5.74, 6) is -0.176. The van der Waals surface area contributed by atoms with Crippen LogP contribution in [0.4, 0.5) is 0 Å². The summed E-state index contributed by atoms with van der Waals surface area (Å²) in [6.07, 6.45) is 3.00. The fraction of sp³-hybridized carbons (Fsp3) is 0.571. The Morgan fingerprint density at radius 2 is 2.16 bits per heavy atom. The van der Waals surface area contributed by atoms with Gasteiger partial charge in [0.25, 0.3) is 5.56 Å². The van der Waals surface area contributed by atoms with E-state index in [0.717, 1.165) is 26.1 Å². The standard InChI is InChI=1S/C14H20N2O3/c1-11(17)13-5-3-7-16(14(13)18)8-4-6-15-9-12(10-15)19-2/h3,5,7,12H,4,6,8-10H2,1-2H3. The molecular formula is C14H20N2O3. The quantitative estimate of drug-likeness (QED) is 0.712. The lowest BCUT2D eigenvalue weighted by atomic mass is 10.1. The Hall–Kier alpha value is -1.46. The highest BCUT2D eigenvalue weighted by Crippen LogP contribution is 2.10. The predicted molar refractivity (Wildman–Crippen MR) is 72.6 cm³/mol. The Bertz CT molecular complexity index is 504. The van der Waals surface area contributed by atoms with Crippen LogP contribution in [0.25, 0.3) is 0 Å². The van der Waals surface area contributed by atoms with Gasteiger partial charge in [0.2, 0.25) is 0 Å². The maximum absolute atomic E-state index is 12.0. The summed E-state index contributed by atoms with van der Waals surface area (Å²) < 4.78 is 6.82. The molecule has 0 amide bonds. The Labute approximate surface area is 112 Å². The summed E-state index contributed by atoms with van der Waals surface area (Å²) >= 11 is 0. The van der Waals surface area contributed by atoms with Crippen LogP contribution in [0.3, 0.4) is 0 Å². The Kier molecular flexibility index (Phi) is 4.50. The molecule has 5 nitrogen and oxygen atoms in total. The van der Waals surface area contributed by atoms with Crippen molar-refractivity contribution in [3.63, 3.8) is 0 Å². The van der Waals surface area contributed by atoms with Gasteiger partial charge in [0, 0.05) is 39.5 Å². The fourth-order valence-electron chi connectivity index (χ4n) is 2.30. The third-order valence-electron chi connectivity index (χ3n) is 3.53. The first kappa shape index (κ1) is 14.0. The average Bonchev–Trinajstić information content (AvgIpc) is 2.33. The number of carbonyl (C=O) groups excluding carboxylic acids is 1. The number of ether oxygens (including phenoxy) is 1. The van der Waals surface area contributed by atoms with Crippen molar-refractivity contribution in [2.45, 2.75) is 26.0 Å². The molecule has 0 atom stereocenters. The number of aromatic nitrogens is 1. The van der Waals surface area contributed by atoms with E-state index in [1.54, 1.807) is 30.0 Å². The molecule has 0 unspecified atom stereocenters. The van der Waals surface area contributed by atoms with Crippen LogP contribution in [0.2, 0.25) is 0 Å². The second-order valence-corrected chi connectivity index (χ2v) is 4.95. The number of rotatable bonds is 6. The second-order valence-electron chi connectivity index (χ2n) is 4.95. The summed E-state index contributed by atoms with van der Waals surface area (Å²) in [5.41, 5.74) is 0.0827. The number of aryl methyl sites for hydroxylation is 1. The largest absolute Gasteiger partial charge is 0.379 e. The highest BCUT2D eigenvalue weighted by Gasteiger charge is 2.25.